The van der Waals surface area contributed by atoms with Crippen molar-refractivity contribution in [2.24, 2.45) is 41.2 Å². The molecule has 1 saturated heterocycles. The van der Waals surface area contributed by atoms with Crippen LogP contribution in [0.15, 0.2) is 97.8 Å². The van der Waals surface area contributed by atoms with E-state index < -0.39 is 30.6 Å². The van der Waals surface area contributed by atoms with Gasteiger partial charge in [0.15, 0.2) is 11.6 Å². The maximum atomic E-state index is 13.7. The maximum absolute atomic E-state index is 13.7. The van der Waals surface area contributed by atoms with E-state index in [9.17, 15) is 24.3 Å². The summed E-state index contributed by atoms with van der Waals surface area (Å²) in [6.07, 6.45) is 14.2. The number of rotatable bonds is 25. The third kappa shape index (κ3) is 19.4. The predicted octanol–water partition coefficient (Wildman–Crippen LogP) is 7.57. The van der Waals surface area contributed by atoms with Gasteiger partial charge in [0.25, 0.3) is 11.8 Å². The second-order valence-electron chi connectivity index (χ2n) is 20.3. The summed E-state index contributed by atoms with van der Waals surface area (Å²) in [6, 6.07) is 18.1. The van der Waals surface area contributed by atoms with E-state index in [4.69, 9.17) is 15.0 Å². The van der Waals surface area contributed by atoms with Crippen molar-refractivity contribution in [1.82, 2.24) is 30.6 Å². The van der Waals surface area contributed by atoms with Gasteiger partial charge in [0.2, 0.25) is 0 Å². The average molecular weight is 934 g/mol. The fourth-order valence-electron chi connectivity index (χ4n) is 8.87. The van der Waals surface area contributed by atoms with E-state index >= 15 is 0 Å². The van der Waals surface area contributed by atoms with E-state index in [1.807, 2.05) is 60.7 Å². The molecule has 0 bridgehead atoms. The van der Waals surface area contributed by atoms with Gasteiger partial charge in [-0.15, -0.1) is 0 Å². The smallest absolute Gasteiger partial charge is 0.409 e. The molecule has 2 aromatic carbocycles. The second kappa shape index (κ2) is 28.3. The number of nitrogens with two attached hydrogens (primary N) is 1. The molecule has 2 amide bonds. The molecule has 4 aromatic rings. The summed E-state index contributed by atoms with van der Waals surface area (Å²) < 4.78 is 11.7. The van der Waals surface area contributed by atoms with Crippen LogP contribution in [0, 0.1) is 35.5 Å². The lowest BCUT2D eigenvalue weighted by atomic mass is 9.64. The fourth-order valence-corrected chi connectivity index (χ4v) is 8.87. The van der Waals surface area contributed by atoms with Gasteiger partial charge in [-0.05, 0) is 85.2 Å². The lowest BCUT2D eigenvalue weighted by Crippen LogP contribution is -2.59. The van der Waals surface area contributed by atoms with Crippen molar-refractivity contribution in [3.63, 3.8) is 0 Å². The van der Waals surface area contributed by atoms with Crippen molar-refractivity contribution in [1.29, 1.82) is 0 Å². The molecule has 1 aliphatic rings. The van der Waals surface area contributed by atoms with Gasteiger partial charge in [-0.1, -0.05) is 116 Å². The summed E-state index contributed by atoms with van der Waals surface area (Å²) in [5.74, 6) is 1.75. The van der Waals surface area contributed by atoms with Crippen LogP contribution in [0.4, 0.5) is 0 Å². The quantitative estimate of drug-likeness (QED) is 0.0475. The number of ketones is 2. The SMILES string of the molecule is CC(C)CC(CC(=O)C(Cc1ccccc1)NC(=O)c1cnccn1)B1OCC(N)(CO)CO1.CC(C)CC(CC(=O)C(Cc1ccccc1)NC(=O)c1cnccn1)C(CC(C)C)CC(C)C. The van der Waals surface area contributed by atoms with Crippen LogP contribution in [-0.2, 0) is 31.7 Å². The highest BCUT2D eigenvalue weighted by atomic mass is 16.6. The number of Topliss-reactive ketones (excluding diaryl/α,β-unsaturated/α-hetero) is 2. The molecule has 4 atom stereocenters. The first-order chi connectivity index (χ1) is 32.4. The molecule has 2 aromatic heterocycles. The Morgan fingerprint density at radius 3 is 1.41 bits per heavy atom. The van der Waals surface area contributed by atoms with Gasteiger partial charge in [-0.25, -0.2) is 9.97 Å². The molecule has 5 N–H and O–H groups in total. The zero-order valence-electron chi connectivity index (χ0n) is 41.6. The molecular weight excluding hydrogens is 857 g/mol. The summed E-state index contributed by atoms with van der Waals surface area (Å²) >= 11 is 0. The van der Waals surface area contributed by atoms with Gasteiger partial charge in [0.05, 0.1) is 49.8 Å². The number of amides is 2. The second-order valence-corrected chi connectivity index (χ2v) is 20.3. The molecule has 68 heavy (non-hydrogen) atoms. The summed E-state index contributed by atoms with van der Waals surface area (Å²) in [6.45, 7) is 17.7. The summed E-state index contributed by atoms with van der Waals surface area (Å²) in [5, 5.41) is 15.3. The Morgan fingerprint density at radius 2 is 1.03 bits per heavy atom. The average Bonchev–Trinajstić information content (AvgIpc) is 3.31. The van der Waals surface area contributed by atoms with Crippen molar-refractivity contribution in [2.45, 2.75) is 130 Å². The van der Waals surface area contributed by atoms with E-state index in [1.54, 1.807) is 0 Å². The van der Waals surface area contributed by atoms with Gasteiger partial charge >= 0.3 is 7.12 Å². The van der Waals surface area contributed by atoms with Crippen molar-refractivity contribution in [3.05, 3.63) is 120 Å². The molecule has 1 aliphatic heterocycles. The number of hydrogen-bond donors (Lipinski definition) is 4. The number of carbonyl (C=O) groups excluding carboxylic acids is 4. The van der Waals surface area contributed by atoms with Crippen molar-refractivity contribution < 1.29 is 33.6 Å². The standard InChI is InChI=1S/C29H43N3O2.C24H33BN4O5/c1-20(2)14-24(15-21(3)4)25(16-22(5)6)18-28(33)26(17-23-10-8-7-9-11-23)32-29(34)27-19-30-12-13-31-27;1-17(2)10-19(25-33-15-24(26,14-30)16-34-25)12-22(31)20(11-18-6-4-3-5-7-18)29-23(32)21-13-27-8-9-28-21/h7-13,19-22,24-26H,14-18H2,1-6H3,(H,32,34);3-9,13,17,19-20,30H,10-12,14-16,26H2,1-2H3,(H,29,32). The maximum Gasteiger partial charge on any atom is 0.460 e. The van der Waals surface area contributed by atoms with Crippen LogP contribution in [0.5, 0.6) is 0 Å². The van der Waals surface area contributed by atoms with E-state index in [2.05, 4.69) is 86.0 Å². The molecule has 0 radical (unpaired) electrons. The number of nitrogens with one attached hydrogen (secondary N) is 2. The Morgan fingerprint density at radius 1 is 0.618 bits per heavy atom. The van der Waals surface area contributed by atoms with E-state index in [-0.39, 0.29) is 60.9 Å². The zero-order valence-corrected chi connectivity index (χ0v) is 41.6. The summed E-state index contributed by atoms with van der Waals surface area (Å²) in [4.78, 5) is 68.9. The lowest BCUT2D eigenvalue weighted by Gasteiger charge is -2.37. The van der Waals surface area contributed by atoms with Crippen LogP contribution in [0.3, 0.4) is 0 Å². The third-order valence-corrected chi connectivity index (χ3v) is 12.0. The van der Waals surface area contributed by atoms with Crippen molar-refractivity contribution in [2.75, 3.05) is 19.8 Å². The van der Waals surface area contributed by atoms with Gasteiger partial charge in [0, 0.05) is 43.4 Å². The van der Waals surface area contributed by atoms with Gasteiger partial charge < -0.3 is 30.8 Å². The Labute approximate surface area is 405 Å². The molecule has 368 valence electrons. The van der Waals surface area contributed by atoms with Crippen molar-refractivity contribution >= 4 is 30.5 Å². The number of carbonyl (C=O) groups is 4. The van der Waals surface area contributed by atoms with Crippen LogP contribution in [0.25, 0.3) is 0 Å². The predicted molar refractivity (Wildman–Crippen MR) is 266 cm³/mol. The topological polar surface area (TPSA) is 209 Å². The summed E-state index contributed by atoms with van der Waals surface area (Å²) in [5.41, 5.74) is 7.44. The van der Waals surface area contributed by atoms with E-state index in [0.29, 0.717) is 61.2 Å². The molecular formula is C53H76BN7O7. The molecule has 14 nitrogen and oxygen atoms in total. The van der Waals surface area contributed by atoms with Crippen LogP contribution >= 0.6 is 0 Å². The van der Waals surface area contributed by atoms with E-state index in [0.717, 1.165) is 30.4 Å². The zero-order chi connectivity index (χ0) is 49.6. The number of hydrogen-bond acceptors (Lipinski definition) is 12. The molecule has 0 aliphatic carbocycles. The minimum Gasteiger partial charge on any atom is -0.409 e. The van der Waals surface area contributed by atoms with Gasteiger partial charge in [0.1, 0.15) is 11.4 Å². The van der Waals surface area contributed by atoms with E-state index in [1.165, 1.54) is 37.2 Å². The number of aliphatic hydroxyl groups excluding tert-OH is 1. The monoisotopic (exact) mass is 934 g/mol. The minimum atomic E-state index is -0.941. The first-order valence-electron chi connectivity index (χ1n) is 24.3. The minimum absolute atomic E-state index is 0.101. The molecule has 1 fully saturated rings. The Hall–Kier alpha value is -5.22. The Kier molecular flexibility index (Phi) is 23.1. The molecule has 15 heteroatoms. The molecule has 3 heterocycles. The highest BCUT2D eigenvalue weighted by Gasteiger charge is 2.42. The van der Waals surface area contributed by atoms with Crippen LogP contribution in [-0.4, -0.2) is 93.0 Å². The first-order valence-corrected chi connectivity index (χ1v) is 24.3. The molecule has 5 rings (SSSR count). The highest BCUT2D eigenvalue weighted by molar-refractivity contribution is 6.47. The molecule has 0 saturated carbocycles. The normalized spacial score (nSPS) is 15.4. The highest BCUT2D eigenvalue weighted by Crippen LogP contribution is 2.35. The number of benzene rings is 2. The van der Waals surface area contributed by atoms with Gasteiger partial charge in [-0.3, -0.25) is 29.1 Å². The first kappa shape index (κ1) is 55.4. The van der Waals surface area contributed by atoms with Crippen LogP contribution < -0.4 is 16.4 Å². The lowest BCUT2D eigenvalue weighted by molar-refractivity contribution is -0.122. The van der Waals surface area contributed by atoms with Crippen LogP contribution in [0.2, 0.25) is 5.82 Å². The largest absolute Gasteiger partial charge is 0.460 e. The molecule has 0 spiro atoms. The number of nitrogens with zero attached hydrogens (tertiary/aromatic N) is 4. The van der Waals surface area contributed by atoms with Gasteiger partial charge in [-0.2, -0.15) is 0 Å². The van der Waals surface area contributed by atoms with Crippen molar-refractivity contribution in [3.8, 4) is 0 Å². The van der Waals surface area contributed by atoms with Crippen LogP contribution in [0.1, 0.15) is 126 Å². The fraction of sp³-hybridized carbons (Fsp3) is 0.547. The number of aliphatic hydroxyl groups is 1. The Bertz CT molecular complexity index is 2080. The Balaban J connectivity index is 0.000000297. The summed E-state index contributed by atoms with van der Waals surface area (Å²) in [7, 11) is -0.609. The number of aromatic nitrogens is 4. The third-order valence-electron chi connectivity index (χ3n) is 12.0. The molecule has 4 unspecified atom stereocenters.